The SMILES string of the molecule is CN(C)C1(CNC(=O)C2(C(N)=S)CC2)CCCC1. The van der Waals surface area contributed by atoms with Crippen LogP contribution in [0.5, 0.6) is 0 Å². The van der Waals surface area contributed by atoms with Crippen molar-refractivity contribution in [3.8, 4) is 0 Å². The van der Waals surface area contributed by atoms with Crippen LogP contribution < -0.4 is 11.1 Å². The molecule has 0 aliphatic heterocycles. The Hall–Kier alpha value is -0.680. The Balaban J connectivity index is 1.95. The van der Waals surface area contributed by atoms with Gasteiger partial charge in [-0.15, -0.1) is 0 Å². The van der Waals surface area contributed by atoms with Crippen LogP contribution in [0, 0.1) is 5.41 Å². The number of hydrogen-bond donors (Lipinski definition) is 2. The van der Waals surface area contributed by atoms with Crippen LogP contribution in [-0.2, 0) is 4.79 Å². The van der Waals surface area contributed by atoms with Crippen LogP contribution in [0.4, 0.5) is 0 Å². The molecule has 2 aliphatic carbocycles. The second-order valence-electron chi connectivity index (χ2n) is 5.95. The highest BCUT2D eigenvalue weighted by Crippen LogP contribution is 2.46. The van der Waals surface area contributed by atoms with Crippen molar-refractivity contribution in [1.82, 2.24) is 10.2 Å². The van der Waals surface area contributed by atoms with E-state index in [1.807, 2.05) is 0 Å². The van der Waals surface area contributed by atoms with E-state index >= 15 is 0 Å². The van der Waals surface area contributed by atoms with Gasteiger partial charge in [-0.1, -0.05) is 25.1 Å². The van der Waals surface area contributed by atoms with Crippen LogP contribution in [0.3, 0.4) is 0 Å². The number of hydrogen-bond acceptors (Lipinski definition) is 3. The molecular formula is C13H23N3OS. The van der Waals surface area contributed by atoms with Crippen LogP contribution >= 0.6 is 12.2 Å². The van der Waals surface area contributed by atoms with Crippen molar-refractivity contribution in [2.24, 2.45) is 11.1 Å². The highest BCUT2D eigenvalue weighted by molar-refractivity contribution is 7.80. The minimum atomic E-state index is -0.526. The summed E-state index contributed by atoms with van der Waals surface area (Å²) in [6.07, 6.45) is 6.41. The van der Waals surface area contributed by atoms with Gasteiger partial charge in [-0.25, -0.2) is 0 Å². The van der Waals surface area contributed by atoms with Crippen LogP contribution in [-0.4, -0.2) is 42.0 Å². The first-order valence-corrected chi connectivity index (χ1v) is 7.09. The lowest BCUT2D eigenvalue weighted by atomic mass is 9.95. The van der Waals surface area contributed by atoms with Crippen molar-refractivity contribution in [3.05, 3.63) is 0 Å². The van der Waals surface area contributed by atoms with Crippen LogP contribution in [0.1, 0.15) is 38.5 Å². The largest absolute Gasteiger partial charge is 0.392 e. The van der Waals surface area contributed by atoms with Gasteiger partial charge in [0.05, 0.1) is 10.4 Å². The molecule has 5 heteroatoms. The molecule has 18 heavy (non-hydrogen) atoms. The second kappa shape index (κ2) is 4.78. The quantitative estimate of drug-likeness (QED) is 0.732. The van der Waals surface area contributed by atoms with E-state index in [-0.39, 0.29) is 11.4 Å². The monoisotopic (exact) mass is 269 g/mol. The van der Waals surface area contributed by atoms with Gasteiger partial charge in [0.25, 0.3) is 0 Å². The molecule has 0 aromatic carbocycles. The van der Waals surface area contributed by atoms with Gasteiger partial charge < -0.3 is 16.0 Å². The normalized spacial score (nSPS) is 23.9. The zero-order valence-electron chi connectivity index (χ0n) is 11.3. The molecule has 0 heterocycles. The predicted octanol–water partition coefficient (Wildman–Crippen LogP) is 1.04. The van der Waals surface area contributed by atoms with Crippen LogP contribution in [0.25, 0.3) is 0 Å². The number of nitrogens with two attached hydrogens (primary N) is 1. The zero-order chi connectivity index (χ0) is 13.4. The minimum absolute atomic E-state index is 0.0307. The van der Waals surface area contributed by atoms with Crippen molar-refractivity contribution < 1.29 is 4.79 Å². The predicted molar refractivity (Wildman–Crippen MR) is 76.3 cm³/mol. The van der Waals surface area contributed by atoms with E-state index in [2.05, 4.69) is 24.3 Å². The van der Waals surface area contributed by atoms with Crippen molar-refractivity contribution in [1.29, 1.82) is 0 Å². The third-order valence-corrected chi connectivity index (χ3v) is 5.11. The molecule has 0 saturated heterocycles. The van der Waals surface area contributed by atoms with E-state index in [1.54, 1.807) is 0 Å². The Morgan fingerprint density at radius 1 is 1.28 bits per heavy atom. The first-order chi connectivity index (χ1) is 8.43. The van der Waals surface area contributed by atoms with Gasteiger partial charge in [-0.2, -0.15) is 0 Å². The molecule has 2 saturated carbocycles. The number of nitrogens with one attached hydrogen (secondary N) is 1. The Morgan fingerprint density at radius 2 is 1.83 bits per heavy atom. The molecule has 0 aromatic rings. The molecule has 102 valence electrons. The maximum Gasteiger partial charge on any atom is 0.233 e. The van der Waals surface area contributed by atoms with E-state index in [0.717, 1.165) is 25.7 Å². The summed E-state index contributed by atoms with van der Waals surface area (Å²) in [7, 11) is 4.19. The summed E-state index contributed by atoms with van der Waals surface area (Å²) in [4.78, 5) is 14.8. The molecule has 0 atom stereocenters. The van der Waals surface area contributed by atoms with Gasteiger partial charge >= 0.3 is 0 Å². The third kappa shape index (κ3) is 2.26. The fourth-order valence-electron chi connectivity index (χ4n) is 2.94. The molecule has 2 fully saturated rings. The van der Waals surface area contributed by atoms with Crippen molar-refractivity contribution in [3.63, 3.8) is 0 Å². The fourth-order valence-corrected chi connectivity index (χ4v) is 3.24. The molecule has 4 nitrogen and oxygen atoms in total. The first-order valence-electron chi connectivity index (χ1n) is 6.69. The molecule has 0 unspecified atom stereocenters. The molecule has 0 aromatic heterocycles. The lowest BCUT2D eigenvalue weighted by Gasteiger charge is -2.36. The van der Waals surface area contributed by atoms with E-state index in [4.69, 9.17) is 18.0 Å². The summed E-state index contributed by atoms with van der Waals surface area (Å²) in [6, 6.07) is 0. The molecule has 0 radical (unpaired) electrons. The highest BCUT2D eigenvalue weighted by atomic mass is 32.1. The number of nitrogens with zero attached hydrogens (tertiary/aromatic N) is 1. The summed E-state index contributed by atoms with van der Waals surface area (Å²) in [6.45, 7) is 0.712. The Kier molecular flexibility index (Phi) is 3.65. The average molecular weight is 269 g/mol. The van der Waals surface area contributed by atoms with E-state index in [9.17, 15) is 4.79 Å². The molecule has 2 aliphatic rings. The molecule has 0 bridgehead atoms. The summed E-state index contributed by atoms with van der Waals surface area (Å²) >= 11 is 5.01. The third-order valence-electron chi connectivity index (χ3n) is 4.72. The summed E-state index contributed by atoms with van der Waals surface area (Å²) in [5, 5.41) is 3.08. The van der Waals surface area contributed by atoms with E-state index in [1.165, 1.54) is 12.8 Å². The van der Waals surface area contributed by atoms with Gasteiger partial charge in [0.1, 0.15) is 0 Å². The Morgan fingerprint density at radius 3 is 2.22 bits per heavy atom. The Bertz CT molecular complexity index is 357. The highest BCUT2D eigenvalue weighted by Gasteiger charge is 2.53. The standard InChI is InChI=1S/C13H23N3OS/c1-16(2)12(5-3-4-6-12)9-15-11(17)13(7-8-13)10(14)18/h3-9H2,1-2H3,(H2,14,18)(H,15,17). The lowest BCUT2D eigenvalue weighted by Crippen LogP contribution is -2.53. The number of likely N-dealkylation sites (N-methyl/N-ethyl adjacent to an activating group) is 1. The minimum Gasteiger partial charge on any atom is -0.392 e. The lowest BCUT2D eigenvalue weighted by molar-refractivity contribution is -0.124. The summed E-state index contributed by atoms with van der Waals surface area (Å²) < 4.78 is 0. The second-order valence-corrected chi connectivity index (χ2v) is 6.39. The van der Waals surface area contributed by atoms with Gasteiger partial charge in [-0.05, 0) is 39.8 Å². The average Bonchev–Trinajstić information content (AvgIpc) is 2.99. The van der Waals surface area contributed by atoms with E-state index < -0.39 is 5.41 Å². The van der Waals surface area contributed by atoms with Gasteiger partial charge in [-0.3, -0.25) is 4.79 Å². The van der Waals surface area contributed by atoms with Gasteiger partial charge in [0.15, 0.2) is 0 Å². The number of carbonyl (C=O) groups is 1. The van der Waals surface area contributed by atoms with Crippen LogP contribution in [0.15, 0.2) is 0 Å². The molecule has 0 spiro atoms. The molecule has 1 amide bonds. The van der Waals surface area contributed by atoms with Crippen molar-refractivity contribution >= 4 is 23.1 Å². The zero-order valence-corrected chi connectivity index (χ0v) is 12.1. The van der Waals surface area contributed by atoms with Crippen LogP contribution in [0.2, 0.25) is 0 Å². The number of amides is 1. The maximum absolute atomic E-state index is 12.2. The summed E-state index contributed by atoms with van der Waals surface area (Å²) in [5.41, 5.74) is 5.27. The molecule has 3 N–H and O–H groups in total. The number of thiocarbonyl (C=S) groups is 1. The molecule has 2 rings (SSSR count). The van der Waals surface area contributed by atoms with Crippen molar-refractivity contribution in [2.45, 2.75) is 44.1 Å². The van der Waals surface area contributed by atoms with Gasteiger partial charge in [0, 0.05) is 12.1 Å². The Labute approximate surface area is 114 Å². The fraction of sp³-hybridized carbons (Fsp3) is 0.846. The van der Waals surface area contributed by atoms with E-state index in [0.29, 0.717) is 11.5 Å². The number of carbonyl (C=O) groups excluding carboxylic acids is 1. The maximum atomic E-state index is 12.2. The smallest absolute Gasteiger partial charge is 0.233 e. The molecular weight excluding hydrogens is 246 g/mol. The van der Waals surface area contributed by atoms with Crippen molar-refractivity contribution in [2.75, 3.05) is 20.6 Å². The van der Waals surface area contributed by atoms with Gasteiger partial charge in [0.2, 0.25) is 5.91 Å². The topological polar surface area (TPSA) is 58.4 Å². The number of rotatable bonds is 5. The first kappa shape index (κ1) is 13.7. The summed E-state index contributed by atoms with van der Waals surface area (Å²) in [5.74, 6) is 0.0307.